The van der Waals surface area contributed by atoms with Crippen LogP contribution in [0.4, 0.5) is 13.2 Å². The smallest absolute Gasteiger partial charge is 0.316 e. The molecule has 94 valence electrons. The molecule has 9 heteroatoms. The van der Waals surface area contributed by atoms with Gasteiger partial charge in [-0.2, -0.15) is 21.6 Å². The summed E-state index contributed by atoms with van der Waals surface area (Å²) in [5.74, 6) is -1.84. The summed E-state index contributed by atoms with van der Waals surface area (Å²) in [4.78, 5) is 11.2. The van der Waals surface area contributed by atoms with Crippen LogP contribution >= 0.6 is 0 Å². The van der Waals surface area contributed by atoms with Crippen LogP contribution in [0.5, 0.6) is 0 Å². The van der Waals surface area contributed by atoms with Crippen molar-refractivity contribution in [2.45, 2.75) is 18.3 Å². The zero-order valence-electron chi connectivity index (χ0n) is 8.17. The van der Waals surface area contributed by atoms with E-state index in [2.05, 4.69) is 5.32 Å². The van der Waals surface area contributed by atoms with E-state index in [1.165, 1.54) is 0 Å². The molecule has 1 aliphatic heterocycles. The second-order valence-electron chi connectivity index (χ2n) is 3.46. The lowest BCUT2D eigenvalue weighted by atomic mass is 9.99. The van der Waals surface area contributed by atoms with Gasteiger partial charge < -0.3 is 5.32 Å². The molecule has 2 N–H and O–H groups in total. The van der Waals surface area contributed by atoms with E-state index < -0.39 is 27.4 Å². The Balaban J connectivity index is 2.64. The molecule has 1 atom stereocenters. The van der Waals surface area contributed by atoms with Crippen LogP contribution in [0.2, 0.25) is 0 Å². The molecule has 1 rings (SSSR count). The number of hydrogen-bond acceptors (Lipinski definition) is 4. The van der Waals surface area contributed by atoms with Gasteiger partial charge in [0.05, 0.1) is 5.92 Å². The summed E-state index contributed by atoms with van der Waals surface area (Å²) in [6.45, 7) is 0.870. The van der Waals surface area contributed by atoms with Gasteiger partial charge in [-0.1, -0.05) is 0 Å². The molecule has 0 saturated carbocycles. The van der Waals surface area contributed by atoms with E-state index >= 15 is 0 Å². The van der Waals surface area contributed by atoms with Crippen molar-refractivity contribution in [3.8, 4) is 0 Å². The molecule has 0 aliphatic carbocycles. The first-order valence-electron chi connectivity index (χ1n) is 4.57. The Bertz CT molecular complexity index is 360. The van der Waals surface area contributed by atoms with Crippen LogP contribution in [0.15, 0.2) is 0 Å². The second-order valence-corrected chi connectivity index (χ2v) is 5.13. The number of nitrogens with one attached hydrogen (secondary N) is 2. The van der Waals surface area contributed by atoms with Gasteiger partial charge in [-0.25, -0.2) is 4.72 Å². The van der Waals surface area contributed by atoms with E-state index in [0.717, 1.165) is 4.72 Å². The highest BCUT2D eigenvalue weighted by molar-refractivity contribution is 7.90. The highest BCUT2D eigenvalue weighted by Crippen LogP contribution is 2.22. The van der Waals surface area contributed by atoms with Crippen molar-refractivity contribution in [3.05, 3.63) is 0 Å². The van der Waals surface area contributed by atoms with Gasteiger partial charge in [0, 0.05) is 6.54 Å². The minimum atomic E-state index is -5.57. The fourth-order valence-electron chi connectivity index (χ4n) is 1.35. The second kappa shape index (κ2) is 4.58. The number of carbonyl (C=O) groups is 1. The Morgan fingerprint density at radius 3 is 2.44 bits per heavy atom. The lowest BCUT2D eigenvalue weighted by Gasteiger charge is -2.21. The van der Waals surface area contributed by atoms with E-state index in [9.17, 15) is 26.4 Å². The molecule has 1 aliphatic rings. The van der Waals surface area contributed by atoms with Crippen molar-refractivity contribution < 1.29 is 26.4 Å². The lowest BCUT2D eigenvalue weighted by Crippen LogP contribution is -2.46. The summed E-state index contributed by atoms with van der Waals surface area (Å²) in [7, 11) is -5.57. The van der Waals surface area contributed by atoms with Gasteiger partial charge in [-0.3, -0.25) is 4.79 Å². The fraction of sp³-hybridized carbons (Fsp3) is 0.857. The summed E-state index contributed by atoms with van der Waals surface area (Å²) in [5, 5.41) is 2.80. The SMILES string of the molecule is O=C(NS(=O)(=O)C(F)(F)F)C1CCCNC1. The summed E-state index contributed by atoms with van der Waals surface area (Å²) in [6, 6.07) is 0. The minimum Gasteiger partial charge on any atom is -0.316 e. The van der Waals surface area contributed by atoms with Crippen molar-refractivity contribution >= 4 is 15.9 Å². The summed E-state index contributed by atoms with van der Waals surface area (Å²) in [6.07, 6.45) is 1.01. The highest BCUT2D eigenvalue weighted by atomic mass is 32.2. The maximum absolute atomic E-state index is 11.9. The van der Waals surface area contributed by atoms with Gasteiger partial charge >= 0.3 is 15.5 Å². The normalized spacial score (nSPS) is 22.8. The minimum absolute atomic E-state index is 0.194. The maximum Gasteiger partial charge on any atom is 0.516 e. The molecule has 0 bridgehead atoms. The molecular formula is C7H11F3N2O3S. The monoisotopic (exact) mass is 260 g/mol. The standard InChI is InChI=1S/C7H11F3N2O3S/c8-7(9,10)16(14,15)12-6(13)5-2-1-3-11-4-5/h5,11H,1-4H2,(H,12,13). The van der Waals surface area contributed by atoms with Crippen LogP contribution in [0, 0.1) is 5.92 Å². The molecule has 0 aromatic carbocycles. The van der Waals surface area contributed by atoms with Gasteiger partial charge in [-0.05, 0) is 19.4 Å². The average molecular weight is 260 g/mol. The average Bonchev–Trinajstić information content (AvgIpc) is 2.16. The third kappa shape index (κ3) is 3.08. The van der Waals surface area contributed by atoms with E-state index in [0.29, 0.717) is 19.4 Å². The van der Waals surface area contributed by atoms with Crippen molar-refractivity contribution in [1.82, 2.24) is 10.0 Å². The fourth-order valence-corrected chi connectivity index (χ4v) is 1.90. The van der Waals surface area contributed by atoms with Crippen LogP contribution in [-0.4, -0.2) is 32.9 Å². The molecule has 1 heterocycles. The number of alkyl halides is 3. The number of amides is 1. The molecule has 1 amide bonds. The van der Waals surface area contributed by atoms with E-state index in [1.54, 1.807) is 0 Å². The topological polar surface area (TPSA) is 75.3 Å². The van der Waals surface area contributed by atoms with Crippen LogP contribution in [0.3, 0.4) is 0 Å². The third-order valence-corrected chi connectivity index (χ3v) is 3.29. The molecule has 1 fully saturated rings. The molecule has 16 heavy (non-hydrogen) atoms. The zero-order chi connectivity index (χ0) is 12.4. The number of hydrogen-bond donors (Lipinski definition) is 2. The van der Waals surface area contributed by atoms with E-state index in [1.807, 2.05) is 0 Å². The Morgan fingerprint density at radius 2 is 2.00 bits per heavy atom. The molecule has 0 aromatic heterocycles. The Labute approximate surface area is 90.4 Å². The number of sulfonamides is 1. The predicted molar refractivity (Wildman–Crippen MR) is 48.7 cm³/mol. The maximum atomic E-state index is 11.9. The molecule has 1 saturated heterocycles. The first-order valence-corrected chi connectivity index (χ1v) is 6.06. The highest BCUT2D eigenvalue weighted by Gasteiger charge is 2.47. The molecule has 0 radical (unpaired) electrons. The summed E-state index contributed by atoms with van der Waals surface area (Å²) >= 11 is 0. The summed E-state index contributed by atoms with van der Waals surface area (Å²) < 4.78 is 58.1. The van der Waals surface area contributed by atoms with Crippen LogP contribution in [0.25, 0.3) is 0 Å². The first kappa shape index (κ1) is 13.2. The van der Waals surface area contributed by atoms with Crippen molar-refractivity contribution in [3.63, 3.8) is 0 Å². The number of rotatable bonds is 2. The Kier molecular flexibility index (Phi) is 3.79. The number of carbonyl (C=O) groups excluding carboxylic acids is 1. The van der Waals surface area contributed by atoms with Gasteiger partial charge in [0.1, 0.15) is 0 Å². The Hall–Kier alpha value is -0.830. The molecule has 1 unspecified atom stereocenters. The van der Waals surface area contributed by atoms with Gasteiger partial charge in [-0.15, -0.1) is 0 Å². The number of halogens is 3. The van der Waals surface area contributed by atoms with E-state index in [-0.39, 0.29) is 6.54 Å². The largest absolute Gasteiger partial charge is 0.516 e. The zero-order valence-corrected chi connectivity index (χ0v) is 8.99. The van der Waals surface area contributed by atoms with Gasteiger partial charge in [0.25, 0.3) is 0 Å². The van der Waals surface area contributed by atoms with Crippen LogP contribution < -0.4 is 10.0 Å². The molecule has 5 nitrogen and oxygen atoms in total. The molecular weight excluding hydrogens is 249 g/mol. The van der Waals surface area contributed by atoms with Gasteiger partial charge in [0.15, 0.2) is 0 Å². The van der Waals surface area contributed by atoms with Crippen molar-refractivity contribution in [2.24, 2.45) is 5.92 Å². The summed E-state index contributed by atoms with van der Waals surface area (Å²) in [5.41, 5.74) is -5.45. The first-order chi connectivity index (χ1) is 7.24. The van der Waals surface area contributed by atoms with E-state index in [4.69, 9.17) is 0 Å². The van der Waals surface area contributed by atoms with Crippen molar-refractivity contribution in [2.75, 3.05) is 13.1 Å². The Morgan fingerprint density at radius 1 is 1.38 bits per heavy atom. The quantitative estimate of drug-likeness (QED) is 0.730. The molecule has 0 spiro atoms. The van der Waals surface area contributed by atoms with Crippen LogP contribution in [-0.2, 0) is 14.8 Å². The lowest BCUT2D eigenvalue weighted by molar-refractivity contribution is -0.124. The van der Waals surface area contributed by atoms with Gasteiger partial charge in [0.2, 0.25) is 5.91 Å². The molecule has 0 aromatic rings. The predicted octanol–water partition coefficient (Wildman–Crippen LogP) is -0.0482. The number of piperidine rings is 1. The van der Waals surface area contributed by atoms with Crippen molar-refractivity contribution in [1.29, 1.82) is 0 Å². The van der Waals surface area contributed by atoms with Crippen LogP contribution in [0.1, 0.15) is 12.8 Å². The third-order valence-electron chi connectivity index (χ3n) is 2.21.